The highest BCUT2D eigenvalue weighted by molar-refractivity contribution is 7.91. The second kappa shape index (κ2) is 5.17. The van der Waals surface area contributed by atoms with Gasteiger partial charge in [0.1, 0.15) is 0 Å². The van der Waals surface area contributed by atoms with Crippen LogP contribution in [0.2, 0.25) is 0 Å². The lowest BCUT2D eigenvalue weighted by Gasteiger charge is -2.06. The molecule has 0 spiro atoms. The summed E-state index contributed by atoms with van der Waals surface area (Å²) in [6.07, 6.45) is 0. The van der Waals surface area contributed by atoms with Crippen LogP contribution in [-0.2, 0) is 16.6 Å². The van der Waals surface area contributed by atoms with Crippen molar-refractivity contribution in [1.82, 2.24) is 9.71 Å². The van der Waals surface area contributed by atoms with Gasteiger partial charge in [0.25, 0.3) is 10.0 Å². The van der Waals surface area contributed by atoms with Crippen molar-refractivity contribution in [1.29, 1.82) is 0 Å². The Morgan fingerprint density at radius 2 is 2.14 bits per heavy atom. The number of thiazole rings is 1. The number of aryl methyl sites for hydroxylation is 1. The summed E-state index contributed by atoms with van der Waals surface area (Å²) in [5, 5.41) is 0.232. The quantitative estimate of drug-likeness (QED) is 0.875. The Morgan fingerprint density at radius 3 is 2.86 bits per heavy atom. The average Bonchev–Trinajstić information content (AvgIpc) is 3.02. The van der Waals surface area contributed by atoms with Gasteiger partial charge in [-0.1, -0.05) is 17.4 Å². The molecule has 7 nitrogen and oxygen atoms in total. The Kier molecular flexibility index (Phi) is 3.47. The van der Waals surface area contributed by atoms with E-state index in [0.717, 1.165) is 16.9 Å². The zero-order chi connectivity index (χ0) is 15.0. The molecule has 2 aromatic rings. The monoisotopic (exact) mass is 327 g/mol. The highest BCUT2D eigenvalue weighted by atomic mass is 32.2. The number of rotatable bonds is 4. The Hall–Kier alpha value is -1.84. The number of aromatic nitrogens is 1. The molecule has 21 heavy (non-hydrogen) atoms. The molecule has 1 aliphatic heterocycles. The zero-order valence-corrected chi connectivity index (χ0v) is 12.8. The maximum Gasteiger partial charge on any atom is 0.252 e. The second-order valence-corrected chi connectivity index (χ2v) is 7.43. The predicted octanol–water partition coefficient (Wildman–Crippen LogP) is 1.24. The summed E-state index contributed by atoms with van der Waals surface area (Å²) in [5.74, 6) is 1.28. The van der Waals surface area contributed by atoms with Crippen LogP contribution in [0.15, 0.2) is 22.4 Å². The van der Waals surface area contributed by atoms with Gasteiger partial charge in [0, 0.05) is 6.54 Å². The molecule has 0 fully saturated rings. The number of anilines is 1. The summed E-state index contributed by atoms with van der Waals surface area (Å²) in [5.41, 5.74) is 6.70. The van der Waals surface area contributed by atoms with E-state index in [1.165, 1.54) is 0 Å². The van der Waals surface area contributed by atoms with Gasteiger partial charge in [-0.2, -0.15) is 0 Å². The fourth-order valence-corrected chi connectivity index (χ4v) is 4.31. The van der Waals surface area contributed by atoms with E-state index >= 15 is 0 Å². The molecule has 0 radical (unpaired) electrons. The van der Waals surface area contributed by atoms with Crippen LogP contribution in [0.3, 0.4) is 0 Å². The zero-order valence-electron chi connectivity index (χ0n) is 11.1. The molecule has 0 saturated heterocycles. The molecule has 112 valence electrons. The molecule has 3 rings (SSSR count). The minimum atomic E-state index is -3.63. The third-order valence-corrected chi connectivity index (χ3v) is 5.92. The van der Waals surface area contributed by atoms with E-state index in [0.29, 0.717) is 17.2 Å². The molecular formula is C12H13N3O4S2. The highest BCUT2D eigenvalue weighted by Gasteiger charge is 2.21. The molecule has 2 heterocycles. The summed E-state index contributed by atoms with van der Waals surface area (Å²) in [4.78, 5) is 3.92. The van der Waals surface area contributed by atoms with Crippen molar-refractivity contribution in [2.75, 3.05) is 12.5 Å². The lowest BCUT2D eigenvalue weighted by Crippen LogP contribution is -2.23. The maximum atomic E-state index is 12.2. The summed E-state index contributed by atoms with van der Waals surface area (Å²) < 4.78 is 37.6. The van der Waals surface area contributed by atoms with Gasteiger partial charge in [-0.15, -0.1) is 0 Å². The number of nitrogens with one attached hydrogen (secondary N) is 1. The van der Waals surface area contributed by atoms with Crippen molar-refractivity contribution in [2.24, 2.45) is 0 Å². The van der Waals surface area contributed by atoms with Crippen molar-refractivity contribution >= 4 is 26.5 Å². The Morgan fingerprint density at radius 1 is 1.38 bits per heavy atom. The van der Waals surface area contributed by atoms with Gasteiger partial charge in [0.05, 0.1) is 5.69 Å². The number of nitrogens with two attached hydrogens (primary N) is 1. The molecule has 0 aliphatic carbocycles. The number of nitrogens with zero attached hydrogens (tertiary/aromatic N) is 1. The van der Waals surface area contributed by atoms with Gasteiger partial charge >= 0.3 is 0 Å². The van der Waals surface area contributed by atoms with Crippen molar-refractivity contribution in [3.05, 3.63) is 29.5 Å². The van der Waals surface area contributed by atoms with E-state index in [1.807, 2.05) is 0 Å². The van der Waals surface area contributed by atoms with Crippen LogP contribution < -0.4 is 19.9 Å². The van der Waals surface area contributed by atoms with Crippen molar-refractivity contribution in [2.45, 2.75) is 17.7 Å². The van der Waals surface area contributed by atoms with E-state index in [4.69, 9.17) is 15.2 Å². The molecule has 3 N–H and O–H groups in total. The first-order valence-corrected chi connectivity index (χ1v) is 8.37. The van der Waals surface area contributed by atoms with Gasteiger partial charge < -0.3 is 15.2 Å². The van der Waals surface area contributed by atoms with E-state index < -0.39 is 10.0 Å². The Bertz CT molecular complexity index is 786. The topological polar surface area (TPSA) is 104 Å². The first-order chi connectivity index (χ1) is 9.95. The molecule has 0 bridgehead atoms. The summed E-state index contributed by atoms with van der Waals surface area (Å²) >= 11 is 0.948. The Labute approximate surface area is 125 Å². The van der Waals surface area contributed by atoms with Crippen LogP contribution in [0.1, 0.15) is 11.3 Å². The number of nitrogen functional groups attached to an aromatic ring is 1. The summed E-state index contributed by atoms with van der Waals surface area (Å²) in [6, 6.07) is 5.28. The number of ether oxygens (including phenoxy) is 2. The van der Waals surface area contributed by atoms with Crippen molar-refractivity contribution < 1.29 is 17.9 Å². The number of hydrogen-bond donors (Lipinski definition) is 2. The van der Waals surface area contributed by atoms with Crippen molar-refractivity contribution in [3.63, 3.8) is 0 Å². The maximum absolute atomic E-state index is 12.2. The fourth-order valence-electron chi connectivity index (χ4n) is 1.95. The molecular weight excluding hydrogens is 314 g/mol. The molecule has 1 aliphatic rings. The fraction of sp³-hybridized carbons (Fsp3) is 0.250. The molecule has 0 amide bonds. The second-order valence-electron chi connectivity index (χ2n) is 4.44. The van der Waals surface area contributed by atoms with Crippen LogP contribution >= 0.6 is 11.3 Å². The molecule has 9 heteroatoms. The first kappa shape index (κ1) is 14.1. The number of benzene rings is 1. The lowest BCUT2D eigenvalue weighted by atomic mass is 10.2. The van der Waals surface area contributed by atoms with Gasteiger partial charge in [0.15, 0.2) is 20.8 Å². The minimum absolute atomic E-state index is 0.140. The summed E-state index contributed by atoms with van der Waals surface area (Å²) in [7, 11) is -3.63. The van der Waals surface area contributed by atoms with Crippen LogP contribution in [0.4, 0.5) is 5.13 Å². The van der Waals surface area contributed by atoms with Crippen LogP contribution in [-0.4, -0.2) is 20.2 Å². The van der Waals surface area contributed by atoms with Gasteiger partial charge in [-0.05, 0) is 24.6 Å². The largest absolute Gasteiger partial charge is 0.454 e. The normalized spacial score (nSPS) is 13.6. The average molecular weight is 327 g/mol. The van der Waals surface area contributed by atoms with Crippen LogP contribution in [0.25, 0.3) is 0 Å². The highest BCUT2D eigenvalue weighted by Crippen LogP contribution is 2.32. The predicted molar refractivity (Wildman–Crippen MR) is 77.9 cm³/mol. The van der Waals surface area contributed by atoms with Crippen LogP contribution in [0.5, 0.6) is 11.5 Å². The van der Waals surface area contributed by atoms with Gasteiger partial charge in [-0.25, -0.2) is 18.1 Å². The standard InChI is InChI=1S/C12H13N3O4S2/c1-7-11(20-12(13)15-7)21(16,17)14-5-8-2-3-9-10(4-8)19-6-18-9/h2-4,14H,5-6H2,1H3,(H2,13,15). The van der Waals surface area contributed by atoms with Gasteiger partial charge in [-0.3, -0.25) is 0 Å². The number of hydrogen-bond acceptors (Lipinski definition) is 7. The van der Waals surface area contributed by atoms with E-state index in [-0.39, 0.29) is 22.7 Å². The first-order valence-electron chi connectivity index (χ1n) is 6.07. The lowest BCUT2D eigenvalue weighted by molar-refractivity contribution is 0.174. The number of sulfonamides is 1. The van der Waals surface area contributed by atoms with Crippen molar-refractivity contribution in [3.8, 4) is 11.5 Å². The molecule has 0 saturated carbocycles. The minimum Gasteiger partial charge on any atom is -0.454 e. The smallest absolute Gasteiger partial charge is 0.252 e. The van der Waals surface area contributed by atoms with Gasteiger partial charge in [0.2, 0.25) is 6.79 Å². The molecule has 0 atom stereocenters. The Balaban J connectivity index is 1.76. The summed E-state index contributed by atoms with van der Waals surface area (Å²) in [6.45, 7) is 1.95. The molecule has 1 aromatic carbocycles. The third-order valence-electron chi connectivity index (χ3n) is 2.92. The molecule has 1 aromatic heterocycles. The van der Waals surface area contributed by atoms with E-state index in [1.54, 1.807) is 25.1 Å². The third kappa shape index (κ3) is 2.80. The van der Waals surface area contributed by atoms with E-state index in [9.17, 15) is 8.42 Å². The van der Waals surface area contributed by atoms with E-state index in [2.05, 4.69) is 9.71 Å². The number of fused-ring (bicyclic) bond motifs is 1. The van der Waals surface area contributed by atoms with Crippen LogP contribution in [0, 0.1) is 6.92 Å². The molecule has 0 unspecified atom stereocenters. The SMILES string of the molecule is Cc1nc(N)sc1S(=O)(=O)NCc1ccc2c(c1)OCO2.